The summed E-state index contributed by atoms with van der Waals surface area (Å²) < 4.78 is 5.89. The topological polar surface area (TPSA) is 35.2 Å². The lowest BCUT2D eigenvalue weighted by atomic mass is 9.79. The maximum atomic E-state index is 6.50. The third kappa shape index (κ3) is 3.71. The Hall–Kier alpha value is -0.0800. The minimum Gasteiger partial charge on any atom is -0.373 e. The molecule has 0 aromatic rings. The van der Waals surface area contributed by atoms with Crippen LogP contribution in [0.1, 0.15) is 84.0 Å². The first kappa shape index (κ1) is 14.3. The molecule has 2 rings (SSSR count). The van der Waals surface area contributed by atoms with E-state index in [1.165, 1.54) is 70.6 Å². The summed E-state index contributed by atoms with van der Waals surface area (Å²) in [4.78, 5) is 0. The molecule has 2 heterocycles. The van der Waals surface area contributed by atoms with Crippen LogP contribution in [0.4, 0.5) is 0 Å². The second kappa shape index (κ2) is 6.91. The molecule has 2 fully saturated rings. The zero-order valence-corrected chi connectivity index (χ0v) is 12.1. The van der Waals surface area contributed by atoms with Gasteiger partial charge in [0.15, 0.2) is 0 Å². The molecular weight excluding hydrogens is 222 g/mol. The average Bonchev–Trinajstić information content (AvgIpc) is 2.92. The van der Waals surface area contributed by atoms with Crippen LogP contribution in [0.2, 0.25) is 0 Å². The van der Waals surface area contributed by atoms with Crippen LogP contribution in [0, 0.1) is 0 Å². The van der Waals surface area contributed by atoms with Gasteiger partial charge >= 0.3 is 0 Å². The molecule has 0 aromatic heterocycles. The summed E-state index contributed by atoms with van der Waals surface area (Å²) in [7, 11) is 0. The summed E-state index contributed by atoms with van der Waals surface area (Å²) in [6.45, 7) is 2.28. The third-order valence-corrected chi connectivity index (χ3v) is 4.85. The van der Waals surface area contributed by atoms with Crippen LogP contribution in [-0.2, 0) is 4.74 Å². The van der Waals surface area contributed by atoms with E-state index in [1.54, 1.807) is 0 Å². The van der Waals surface area contributed by atoms with E-state index in [2.05, 4.69) is 6.92 Å². The van der Waals surface area contributed by atoms with Crippen LogP contribution >= 0.6 is 0 Å². The number of fused-ring (bicyclic) bond motifs is 2. The van der Waals surface area contributed by atoms with Gasteiger partial charge in [0.1, 0.15) is 0 Å². The molecule has 2 aliphatic rings. The van der Waals surface area contributed by atoms with E-state index in [0.29, 0.717) is 12.2 Å². The van der Waals surface area contributed by atoms with E-state index in [0.717, 1.165) is 6.42 Å². The van der Waals surface area contributed by atoms with Gasteiger partial charge < -0.3 is 10.5 Å². The molecule has 2 heteroatoms. The number of ether oxygens (including phenoxy) is 1. The predicted octanol–water partition coefficient (Wildman–Crippen LogP) is 4.17. The highest BCUT2D eigenvalue weighted by Crippen LogP contribution is 2.42. The molecule has 0 amide bonds. The number of nitrogens with two attached hydrogens (primary N) is 1. The second-order valence-electron chi connectivity index (χ2n) is 6.49. The molecular formula is C16H31NO. The van der Waals surface area contributed by atoms with Crippen LogP contribution in [0.15, 0.2) is 0 Å². The first-order valence-electron chi connectivity index (χ1n) is 8.19. The standard InChI is InChI=1S/C16H31NO/c1-2-3-4-5-6-7-8-9-12-16(17)13-14-10-11-15(16)18-14/h14-15H,2-13,17H2,1H3. The molecule has 2 nitrogen and oxygen atoms in total. The van der Waals surface area contributed by atoms with E-state index < -0.39 is 0 Å². The summed E-state index contributed by atoms with van der Waals surface area (Å²) in [5.74, 6) is 0. The van der Waals surface area contributed by atoms with Crippen molar-refractivity contribution in [3.05, 3.63) is 0 Å². The fourth-order valence-electron chi connectivity index (χ4n) is 3.69. The predicted molar refractivity (Wildman–Crippen MR) is 76.7 cm³/mol. The lowest BCUT2D eigenvalue weighted by Gasteiger charge is -2.31. The highest BCUT2D eigenvalue weighted by Gasteiger charge is 2.49. The summed E-state index contributed by atoms with van der Waals surface area (Å²) in [5, 5.41) is 0. The van der Waals surface area contributed by atoms with Crippen molar-refractivity contribution in [3.8, 4) is 0 Å². The highest BCUT2D eigenvalue weighted by atomic mass is 16.5. The van der Waals surface area contributed by atoms with Gasteiger partial charge in [-0.2, -0.15) is 0 Å². The Bertz CT molecular complexity index is 243. The van der Waals surface area contributed by atoms with E-state index in [4.69, 9.17) is 10.5 Å². The van der Waals surface area contributed by atoms with Crippen molar-refractivity contribution in [1.82, 2.24) is 0 Å². The van der Waals surface area contributed by atoms with E-state index >= 15 is 0 Å². The minimum atomic E-state index is 0.0329. The van der Waals surface area contributed by atoms with Gasteiger partial charge in [-0.15, -0.1) is 0 Å². The third-order valence-electron chi connectivity index (χ3n) is 4.85. The molecule has 2 aliphatic heterocycles. The van der Waals surface area contributed by atoms with Crippen molar-refractivity contribution >= 4 is 0 Å². The molecule has 18 heavy (non-hydrogen) atoms. The minimum absolute atomic E-state index is 0.0329. The fourth-order valence-corrected chi connectivity index (χ4v) is 3.69. The van der Waals surface area contributed by atoms with Crippen molar-refractivity contribution in [2.75, 3.05) is 0 Å². The summed E-state index contributed by atoms with van der Waals surface area (Å²) in [6, 6.07) is 0. The smallest absolute Gasteiger partial charge is 0.0760 e. The maximum absolute atomic E-state index is 6.50. The summed E-state index contributed by atoms with van der Waals surface area (Å²) in [6.07, 6.45) is 16.7. The monoisotopic (exact) mass is 253 g/mol. The summed E-state index contributed by atoms with van der Waals surface area (Å²) >= 11 is 0. The molecule has 0 aromatic carbocycles. The van der Waals surface area contributed by atoms with Crippen molar-refractivity contribution in [2.45, 2.75) is 102 Å². The van der Waals surface area contributed by atoms with Crippen molar-refractivity contribution in [1.29, 1.82) is 0 Å². The Balaban J connectivity index is 1.48. The molecule has 0 aliphatic carbocycles. The normalized spacial score (nSPS) is 34.3. The molecule has 3 unspecified atom stereocenters. The van der Waals surface area contributed by atoms with Gasteiger partial charge in [0.2, 0.25) is 0 Å². The molecule has 0 saturated carbocycles. The van der Waals surface area contributed by atoms with Gasteiger partial charge in [-0.25, -0.2) is 0 Å². The molecule has 2 bridgehead atoms. The largest absolute Gasteiger partial charge is 0.373 e. The van der Waals surface area contributed by atoms with Crippen molar-refractivity contribution in [2.24, 2.45) is 5.73 Å². The first-order chi connectivity index (χ1) is 8.74. The fraction of sp³-hybridized carbons (Fsp3) is 1.00. The molecule has 0 spiro atoms. The lowest BCUT2D eigenvalue weighted by molar-refractivity contribution is 0.0832. The highest BCUT2D eigenvalue weighted by molar-refractivity contribution is 5.04. The summed E-state index contributed by atoms with van der Waals surface area (Å²) in [5.41, 5.74) is 6.53. The van der Waals surface area contributed by atoms with Crippen LogP contribution in [0.25, 0.3) is 0 Å². The number of rotatable bonds is 9. The van der Waals surface area contributed by atoms with E-state index in [9.17, 15) is 0 Å². The second-order valence-corrected chi connectivity index (χ2v) is 6.49. The van der Waals surface area contributed by atoms with Crippen LogP contribution in [0.5, 0.6) is 0 Å². The van der Waals surface area contributed by atoms with Crippen LogP contribution < -0.4 is 5.73 Å². The van der Waals surface area contributed by atoms with Gasteiger partial charge in [0, 0.05) is 5.54 Å². The van der Waals surface area contributed by atoms with E-state index in [1.807, 2.05) is 0 Å². The average molecular weight is 253 g/mol. The Morgan fingerprint density at radius 1 is 1.00 bits per heavy atom. The zero-order chi connectivity index (χ0) is 12.8. The lowest BCUT2D eigenvalue weighted by Crippen LogP contribution is -2.48. The molecule has 2 saturated heterocycles. The van der Waals surface area contributed by atoms with Crippen LogP contribution in [-0.4, -0.2) is 17.7 Å². The molecule has 3 atom stereocenters. The molecule has 106 valence electrons. The maximum Gasteiger partial charge on any atom is 0.0760 e. The Labute approximate surface area is 113 Å². The van der Waals surface area contributed by atoms with Crippen LogP contribution in [0.3, 0.4) is 0 Å². The number of hydrogen-bond donors (Lipinski definition) is 1. The van der Waals surface area contributed by atoms with Gasteiger partial charge in [-0.3, -0.25) is 0 Å². The van der Waals surface area contributed by atoms with Gasteiger partial charge in [0.25, 0.3) is 0 Å². The Morgan fingerprint density at radius 3 is 2.22 bits per heavy atom. The van der Waals surface area contributed by atoms with Gasteiger partial charge in [-0.05, 0) is 25.7 Å². The quantitative estimate of drug-likeness (QED) is 0.626. The molecule has 0 radical (unpaired) electrons. The van der Waals surface area contributed by atoms with E-state index in [-0.39, 0.29) is 5.54 Å². The number of hydrogen-bond acceptors (Lipinski definition) is 2. The first-order valence-corrected chi connectivity index (χ1v) is 8.19. The SMILES string of the molecule is CCCCCCCCCCC1(N)CC2CCC1O2. The Morgan fingerprint density at radius 2 is 1.67 bits per heavy atom. The number of unbranched alkanes of at least 4 members (excludes halogenated alkanes) is 7. The van der Waals surface area contributed by atoms with Crippen molar-refractivity contribution in [3.63, 3.8) is 0 Å². The van der Waals surface area contributed by atoms with Gasteiger partial charge in [-0.1, -0.05) is 58.3 Å². The zero-order valence-electron chi connectivity index (χ0n) is 12.1. The Kier molecular flexibility index (Phi) is 5.50. The van der Waals surface area contributed by atoms with Gasteiger partial charge in [0.05, 0.1) is 12.2 Å². The molecule has 2 N–H and O–H groups in total. The van der Waals surface area contributed by atoms with Crippen molar-refractivity contribution < 1.29 is 4.74 Å².